The summed E-state index contributed by atoms with van der Waals surface area (Å²) in [4.78, 5) is 15.2. The van der Waals surface area contributed by atoms with E-state index >= 15 is 0 Å². The third-order valence-corrected chi connectivity index (χ3v) is 4.47. The third-order valence-electron chi connectivity index (χ3n) is 4.47. The average Bonchev–Trinajstić information content (AvgIpc) is 2.54. The molecule has 0 atom stereocenters. The van der Waals surface area contributed by atoms with E-state index < -0.39 is 5.54 Å². The number of Topliss-reactive ketones (excluding diaryl/α,β-unsaturated/α-hetero) is 1. The molecular formula is C18H22N2O. The van der Waals surface area contributed by atoms with Crippen molar-refractivity contribution in [3.63, 3.8) is 0 Å². The maximum Gasteiger partial charge on any atom is 0.182 e. The van der Waals surface area contributed by atoms with Gasteiger partial charge >= 0.3 is 0 Å². The van der Waals surface area contributed by atoms with Crippen LogP contribution in [0.25, 0.3) is 10.8 Å². The predicted octanol–water partition coefficient (Wildman–Crippen LogP) is 2.71. The molecule has 2 aromatic carbocycles. The zero-order chi connectivity index (χ0) is 14.9. The van der Waals surface area contributed by atoms with E-state index in [9.17, 15) is 4.79 Å². The lowest BCUT2D eigenvalue weighted by atomic mass is 9.89. The van der Waals surface area contributed by atoms with Gasteiger partial charge in [0.2, 0.25) is 0 Å². The van der Waals surface area contributed by atoms with Crippen LogP contribution in [0.2, 0.25) is 0 Å². The van der Waals surface area contributed by atoms with Crippen molar-refractivity contribution in [3.8, 4) is 0 Å². The van der Waals surface area contributed by atoms with Gasteiger partial charge in [-0.25, -0.2) is 0 Å². The van der Waals surface area contributed by atoms with Gasteiger partial charge in [0.15, 0.2) is 5.78 Å². The van der Waals surface area contributed by atoms with Crippen molar-refractivity contribution in [1.29, 1.82) is 0 Å². The molecule has 3 nitrogen and oxygen atoms in total. The summed E-state index contributed by atoms with van der Waals surface area (Å²) in [7, 11) is 0. The second kappa shape index (κ2) is 5.58. The second-order valence-corrected chi connectivity index (χ2v) is 6.19. The van der Waals surface area contributed by atoms with Crippen LogP contribution in [0, 0.1) is 0 Å². The van der Waals surface area contributed by atoms with Crippen molar-refractivity contribution in [3.05, 3.63) is 48.0 Å². The fraction of sp³-hybridized carbons (Fsp3) is 0.389. The van der Waals surface area contributed by atoms with E-state index in [0.29, 0.717) is 0 Å². The topological polar surface area (TPSA) is 32.3 Å². The first kappa shape index (κ1) is 14.2. The Kier molecular flexibility index (Phi) is 3.79. The first-order valence-corrected chi connectivity index (χ1v) is 7.58. The molecule has 110 valence electrons. The summed E-state index contributed by atoms with van der Waals surface area (Å²) in [5.74, 6) is 0.204. The molecule has 0 radical (unpaired) electrons. The van der Waals surface area contributed by atoms with Gasteiger partial charge in [-0.2, -0.15) is 0 Å². The van der Waals surface area contributed by atoms with Crippen LogP contribution in [0.4, 0.5) is 0 Å². The maximum absolute atomic E-state index is 12.9. The summed E-state index contributed by atoms with van der Waals surface area (Å²) >= 11 is 0. The van der Waals surface area contributed by atoms with Crippen LogP contribution in [-0.2, 0) is 0 Å². The smallest absolute Gasteiger partial charge is 0.182 e. The van der Waals surface area contributed by atoms with E-state index in [0.717, 1.165) is 37.1 Å². The van der Waals surface area contributed by atoms with Crippen LogP contribution < -0.4 is 5.32 Å². The number of piperazine rings is 1. The van der Waals surface area contributed by atoms with Crippen LogP contribution in [-0.4, -0.2) is 42.4 Å². The second-order valence-electron chi connectivity index (χ2n) is 6.19. The zero-order valence-corrected chi connectivity index (χ0v) is 12.7. The van der Waals surface area contributed by atoms with E-state index in [1.807, 2.05) is 44.2 Å². The number of rotatable bonds is 3. The number of ketones is 1. The van der Waals surface area contributed by atoms with Crippen molar-refractivity contribution in [1.82, 2.24) is 10.2 Å². The summed E-state index contributed by atoms with van der Waals surface area (Å²) < 4.78 is 0. The van der Waals surface area contributed by atoms with Crippen molar-refractivity contribution in [2.24, 2.45) is 0 Å². The summed E-state index contributed by atoms with van der Waals surface area (Å²) in [5, 5.41) is 5.64. The number of carbonyl (C=O) groups excluding carboxylic acids is 1. The lowest BCUT2D eigenvalue weighted by Crippen LogP contribution is -2.57. The molecule has 0 spiro atoms. The maximum atomic E-state index is 12.9. The van der Waals surface area contributed by atoms with E-state index in [1.165, 1.54) is 5.39 Å². The fourth-order valence-corrected chi connectivity index (χ4v) is 3.05. The Bertz CT molecular complexity index is 657. The van der Waals surface area contributed by atoms with Gasteiger partial charge in [0.1, 0.15) is 0 Å². The zero-order valence-electron chi connectivity index (χ0n) is 12.7. The molecule has 0 aromatic heterocycles. The van der Waals surface area contributed by atoms with Gasteiger partial charge < -0.3 is 5.32 Å². The van der Waals surface area contributed by atoms with Gasteiger partial charge in [0.25, 0.3) is 0 Å². The van der Waals surface area contributed by atoms with Gasteiger partial charge in [0, 0.05) is 31.7 Å². The summed E-state index contributed by atoms with van der Waals surface area (Å²) in [6.07, 6.45) is 0. The number of nitrogens with zero attached hydrogens (tertiary/aromatic N) is 1. The summed E-state index contributed by atoms with van der Waals surface area (Å²) in [6, 6.07) is 14.2. The fourth-order valence-electron chi connectivity index (χ4n) is 3.05. The lowest BCUT2D eigenvalue weighted by molar-refractivity contribution is 0.0602. The average molecular weight is 282 g/mol. The first-order valence-electron chi connectivity index (χ1n) is 7.58. The van der Waals surface area contributed by atoms with E-state index in [2.05, 4.69) is 22.3 Å². The van der Waals surface area contributed by atoms with Crippen LogP contribution in [0.5, 0.6) is 0 Å². The van der Waals surface area contributed by atoms with Gasteiger partial charge in [-0.1, -0.05) is 36.4 Å². The van der Waals surface area contributed by atoms with Crippen molar-refractivity contribution >= 4 is 16.6 Å². The normalized spacial score (nSPS) is 17.0. The monoisotopic (exact) mass is 282 g/mol. The molecule has 2 aromatic rings. The van der Waals surface area contributed by atoms with Crippen LogP contribution >= 0.6 is 0 Å². The molecule has 1 fully saturated rings. The Morgan fingerprint density at radius 3 is 2.43 bits per heavy atom. The Morgan fingerprint density at radius 1 is 1.05 bits per heavy atom. The molecule has 0 aliphatic carbocycles. The first-order chi connectivity index (χ1) is 10.1. The van der Waals surface area contributed by atoms with Crippen LogP contribution in [0.1, 0.15) is 24.2 Å². The molecule has 0 saturated carbocycles. The van der Waals surface area contributed by atoms with Crippen molar-refractivity contribution in [2.45, 2.75) is 19.4 Å². The molecule has 21 heavy (non-hydrogen) atoms. The summed E-state index contributed by atoms with van der Waals surface area (Å²) in [6.45, 7) is 7.83. The van der Waals surface area contributed by atoms with Gasteiger partial charge in [-0.15, -0.1) is 0 Å². The molecule has 3 rings (SSSR count). The summed E-state index contributed by atoms with van der Waals surface area (Å²) in [5.41, 5.74) is 0.349. The van der Waals surface area contributed by atoms with Crippen LogP contribution in [0.3, 0.4) is 0 Å². The number of carbonyl (C=O) groups is 1. The van der Waals surface area contributed by atoms with Gasteiger partial charge in [-0.05, 0) is 30.7 Å². The highest BCUT2D eigenvalue weighted by molar-refractivity contribution is 6.05. The Hall–Kier alpha value is -1.71. The molecular weight excluding hydrogens is 260 g/mol. The van der Waals surface area contributed by atoms with Gasteiger partial charge in [-0.3, -0.25) is 9.69 Å². The third kappa shape index (κ3) is 2.71. The standard InChI is InChI=1S/C18H22N2O/c1-18(2,20-11-9-19-10-12-20)17(21)16-8-7-14-5-3-4-6-15(14)13-16/h3-8,13,19H,9-12H2,1-2H3. The molecule has 0 bridgehead atoms. The highest BCUT2D eigenvalue weighted by Gasteiger charge is 2.35. The largest absolute Gasteiger partial charge is 0.314 e. The minimum atomic E-state index is -0.454. The molecule has 0 unspecified atom stereocenters. The Balaban J connectivity index is 1.91. The highest BCUT2D eigenvalue weighted by atomic mass is 16.1. The number of nitrogens with one attached hydrogen (secondary N) is 1. The minimum Gasteiger partial charge on any atom is -0.314 e. The van der Waals surface area contributed by atoms with Crippen molar-refractivity contribution < 1.29 is 4.79 Å². The number of benzene rings is 2. The lowest BCUT2D eigenvalue weighted by Gasteiger charge is -2.40. The molecule has 1 heterocycles. The Morgan fingerprint density at radius 2 is 1.71 bits per heavy atom. The number of hydrogen-bond donors (Lipinski definition) is 1. The quantitative estimate of drug-likeness (QED) is 0.879. The predicted molar refractivity (Wildman–Crippen MR) is 86.8 cm³/mol. The van der Waals surface area contributed by atoms with E-state index in [-0.39, 0.29) is 5.78 Å². The molecule has 1 aliphatic heterocycles. The highest BCUT2D eigenvalue weighted by Crippen LogP contribution is 2.23. The SMILES string of the molecule is CC(C)(C(=O)c1ccc2ccccc2c1)N1CCNCC1. The molecule has 0 amide bonds. The Labute approximate surface area is 125 Å². The minimum absolute atomic E-state index is 0.204. The van der Waals surface area contributed by atoms with E-state index in [1.54, 1.807) is 0 Å². The molecule has 1 saturated heterocycles. The molecule has 1 aliphatic rings. The number of hydrogen-bond acceptors (Lipinski definition) is 3. The molecule has 1 N–H and O–H groups in total. The van der Waals surface area contributed by atoms with Crippen molar-refractivity contribution in [2.75, 3.05) is 26.2 Å². The van der Waals surface area contributed by atoms with Crippen LogP contribution in [0.15, 0.2) is 42.5 Å². The van der Waals surface area contributed by atoms with Gasteiger partial charge in [0.05, 0.1) is 5.54 Å². The molecule has 3 heteroatoms. The van der Waals surface area contributed by atoms with E-state index in [4.69, 9.17) is 0 Å². The number of fused-ring (bicyclic) bond motifs is 1.